The van der Waals surface area contributed by atoms with E-state index in [1.807, 2.05) is 93.6 Å². The number of carbonyl (C=O) groups excluding carboxylic acids is 2. The number of aliphatic hydroxyl groups is 1. The van der Waals surface area contributed by atoms with Gasteiger partial charge in [-0.1, -0.05) is 60.7 Å². The lowest BCUT2D eigenvalue weighted by Gasteiger charge is -2.40. The average molecular weight is 533 g/mol. The smallest absolute Gasteiger partial charge is 0.321 e. The summed E-state index contributed by atoms with van der Waals surface area (Å²) in [4.78, 5) is 28.5. The van der Waals surface area contributed by atoms with Crippen LogP contribution in [0.25, 0.3) is 0 Å². The van der Waals surface area contributed by atoms with E-state index in [4.69, 9.17) is 10.5 Å². The molecule has 3 rings (SSSR count). The molecule has 0 saturated carbocycles. The van der Waals surface area contributed by atoms with E-state index >= 15 is 0 Å². The molecular formula is C31H40N4O4. The van der Waals surface area contributed by atoms with Crippen molar-refractivity contribution in [1.29, 1.82) is 0 Å². The fourth-order valence-electron chi connectivity index (χ4n) is 4.35. The minimum atomic E-state index is -1.76. The summed E-state index contributed by atoms with van der Waals surface area (Å²) in [5.41, 5.74) is 6.81. The molecule has 3 amide bonds. The van der Waals surface area contributed by atoms with Crippen LogP contribution in [-0.4, -0.2) is 54.4 Å². The maximum Gasteiger partial charge on any atom is 0.321 e. The molecule has 0 aliphatic rings. The molecule has 0 aliphatic carbocycles. The third-order valence-electron chi connectivity index (χ3n) is 6.53. The van der Waals surface area contributed by atoms with Crippen molar-refractivity contribution in [3.63, 3.8) is 0 Å². The highest BCUT2D eigenvalue weighted by Crippen LogP contribution is 2.24. The standard InChI is InChI=1S/C31H40N4O4/c1-30(2,3)34-28(37)31(32,21-23-16-18-25(39-5)19-17-23)27(36)26(20-22-12-8-6-9-13-22)33-29(38)35(4)24-14-10-7-11-15-24/h6-19,26-27,36H,20-21,32H2,1-5H3,(H,33,38)(H,34,37). The van der Waals surface area contributed by atoms with E-state index in [0.29, 0.717) is 11.4 Å². The highest BCUT2D eigenvalue weighted by Gasteiger charge is 2.46. The van der Waals surface area contributed by atoms with Gasteiger partial charge in [0.15, 0.2) is 0 Å². The summed E-state index contributed by atoms with van der Waals surface area (Å²) < 4.78 is 5.26. The summed E-state index contributed by atoms with van der Waals surface area (Å²) in [5, 5.41) is 17.8. The Hall–Kier alpha value is -3.88. The van der Waals surface area contributed by atoms with Crippen molar-refractivity contribution < 1.29 is 19.4 Å². The van der Waals surface area contributed by atoms with Crippen molar-refractivity contribution in [2.24, 2.45) is 5.73 Å². The van der Waals surface area contributed by atoms with Crippen LogP contribution in [0.1, 0.15) is 31.9 Å². The lowest BCUT2D eigenvalue weighted by atomic mass is 9.79. The van der Waals surface area contributed by atoms with E-state index in [9.17, 15) is 14.7 Å². The lowest BCUT2D eigenvalue weighted by molar-refractivity contribution is -0.133. The lowest BCUT2D eigenvalue weighted by Crippen LogP contribution is -2.70. The molecule has 39 heavy (non-hydrogen) atoms. The Kier molecular flexibility index (Phi) is 9.72. The number of nitrogens with zero attached hydrogens (tertiary/aromatic N) is 1. The van der Waals surface area contributed by atoms with Gasteiger partial charge < -0.3 is 26.2 Å². The topological polar surface area (TPSA) is 117 Å². The molecule has 0 aromatic heterocycles. The first-order valence-corrected chi connectivity index (χ1v) is 13.0. The maximum absolute atomic E-state index is 13.7. The van der Waals surface area contributed by atoms with Crippen LogP contribution in [0.4, 0.5) is 10.5 Å². The first-order chi connectivity index (χ1) is 18.4. The van der Waals surface area contributed by atoms with Crippen LogP contribution < -0.4 is 26.0 Å². The van der Waals surface area contributed by atoms with E-state index in [-0.39, 0.29) is 12.8 Å². The Bertz CT molecular complexity index is 1210. The SMILES string of the molecule is COc1ccc(CC(N)(C(=O)NC(C)(C)C)C(O)C(Cc2ccccc2)NC(=O)N(C)c2ccccc2)cc1. The normalized spacial score (nSPS) is 14.4. The molecule has 0 radical (unpaired) electrons. The Balaban J connectivity index is 1.98. The second-order valence-electron chi connectivity index (χ2n) is 10.9. The number of nitrogens with one attached hydrogen (secondary N) is 2. The number of para-hydroxylation sites is 1. The minimum absolute atomic E-state index is 0.0375. The number of aliphatic hydroxyl groups excluding tert-OH is 1. The number of urea groups is 1. The molecule has 0 bridgehead atoms. The number of benzene rings is 3. The van der Waals surface area contributed by atoms with Crippen LogP contribution in [0, 0.1) is 0 Å². The van der Waals surface area contributed by atoms with Gasteiger partial charge in [-0.25, -0.2) is 4.79 Å². The van der Waals surface area contributed by atoms with E-state index < -0.39 is 35.2 Å². The van der Waals surface area contributed by atoms with E-state index in [2.05, 4.69) is 10.6 Å². The zero-order valence-corrected chi connectivity index (χ0v) is 23.3. The molecular weight excluding hydrogens is 492 g/mol. The van der Waals surface area contributed by atoms with Gasteiger partial charge in [-0.3, -0.25) is 9.69 Å². The Morgan fingerprint density at radius 2 is 1.49 bits per heavy atom. The number of amides is 3. The predicted molar refractivity (Wildman–Crippen MR) is 155 cm³/mol. The summed E-state index contributed by atoms with van der Waals surface area (Å²) in [7, 11) is 3.22. The van der Waals surface area contributed by atoms with E-state index in [1.165, 1.54) is 4.90 Å². The average Bonchev–Trinajstić information content (AvgIpc) is 2.92. The first kappa shape index (κ1) is 29.7. The first-order valence-electron chi connectivity index (χ1n) is 13.0. The predicted octanol–water partition coefficient (Wildman–Crippen LogP) is 3.67. The summed E-state index contributed by atoms with van der Waals surface area (Å²) >= 11 is 0. The highest BCUT2D eigenvalue weighted by molar-refractivity contribution is 5.92. The second-order valence-corrected chi connectivity index (χ2v) is 10.9. The molecule has 5 N–H and O–H groups in total. The molecule has 0 fully saturated rings. The summed E-state index contributed by atoms with van der Waals surface area (Å²) in [6.45, 7) is 5.55. The largest absolute Gasteiger partial charge is 0.497 e. The number of anilines is 1. The second kappa shape index (κ2) is 12.8. The molecule has 0 aliphatic heterocycles. The summed E-state index contributed by atoms with van der Waals surface area (Å²) in [5.74, 6) is 0.154. The fraction of sp³-hybridized carbons (Fsp3) is 0.355. The number of ether oxygens (including phenoxy) is 1. The zero-order valence-electron chi connectivity index (χ0n) is 23.3. The van der Waals surface area contributed by atoms with Gasteiger partial charge in [0, 0.05) is 24.7 Å². The highest BCUT2D eigenvalue weighted by atomic mass is 16.5. The van der Waals surface area contributed by atoms with Gasteiger partial charge in [-0.05, 0) is 62.6 Å². The number of methoxy groups -OCH3 is 1. The third kappa shape index (κ3) is 8.05. The molecule has 3 unspecified atom stereocenters. The Morgan fingerprint density at radius 3 is 2.03 bits per heavy atom. The van der Waals surface area contributed by atoms with Gasteiger partial charge in [0.1, 0.15) is 17.4 Å². The molecule has 3 atom stereocenters. The number of rotatable bonds is 10. The fourth-order valence-corrected chi connectivity index (χ4v) is 4.35. The Morgan fingerprint density at radius 1 is 0.923 bits per heavy atom. The number of hydrogen-bond acceptors (Lipinski definition) is 5. The monoisotopic (exact) mass is 532 g/mol. The van der Waals surface area contributed by atoms with Crippen LogP contribution in [0.5, 0.6) is 5.75 Å². The van der Waals surface area contributed by atoms with Crippen molar-refractivity contribution >= 4 is 17.6 Å². The van der Waals surface area contributed by atoms with Crippen LogP contribution in [-0.2, 0) is 17.6 Å². The van der Waals surface area contributed by atoms with Gasteiger partial charge in [0.2, 0.25) is 5.91 Å². The van der Waals surface area contributed by atoms with Crippen molar-refractivity contribution in [1.82, 2.24) is 10.6 Å². The molecule has 3 aromatic carbocycles. The van der Waals surface area contributed by atoms with Gasteiger partial charge >= 0.3 is 6.03 Å². The van der Waals surface area contributed by atoms with Gasteiger partial charge in [0.25, 0.3) is 0 Å². The van der Waals surface area contributed by atoms with Gasteiger partial charge in [0.05, 0.1) is 13.2 Å². The van der Waals surface area contributed by atoms with Crippen LogP contribution in [0.15, 0.2) is 84.9 Å². The number of nitrogens with two attached hydrogens (primary N) is 1. The van der Waals surface area contributed by atoms with Crippen LogP contribution in [0.2, 0.25) is 0 Å². The molecule has 208 valence electrons. The van der Waals surface area contributed by atoms with Crippen molar-refractivity contribution in [3.8, 4) is 5.75 Å². The molecule has 8 heteroatoms. The number of hydrogen-bond donors (Lipinski definition) is 4. The van der Waals surface area contributed by atoms with Crippen molar-refractivity contribution in [2.45, 2.75) is 56.8 Å². The minimum Gasteiger partial charge on any atom is -0.497 e. The quantitative estimate of drug-likeness (QED) is 0.318. The van der Waals surface area contributed by atoms with Crippen LogP contribution in [0.3, 0.4) is 0 Å². The maximum atomic E-state index is 13.7. The molecule has 0 heterocycles. The third-order valence-corrected chi connectivity index (χ3v) is 6.53. The summed E-state index contributed by atoms with van der Waals surface area (Å²) in [6, 6.07) is 24.5. The Labute approximate surface area is 231 Å². The van der Waals surface area contributed by atoms with Crippen LogP contribution >= 0.6 is 0 Å². The van der Waals surface area contributed by atoms with Gasteiger partial charge in [-0.15, -0.1) is 0 Å². The van der Waals surface area contributed by atoms with E-state index in [1.54, 1.807) is 26.3 Å². The zero-order chi connectivity index (χ0) is 28.6. The summed E-state index contributed by atoms with van der Waals surface area (Å²) in [6.07, 6.45) is -1.13. The molecule has 3 aromatic rings. The van der Waals surface area contributed by atoms with Gasteiger partial charge in [-0.2, -0.15) is 0 Å². The van der Waals surface area contributed by atoms with E-state index in [0.717, 1.165) is 11.1 Å². The van der Waals surface area contributed by atoms with Crippen molar-refractivity contribution in [3.05, 3.63) is 96.1 Å². The molecule has 0 saturated heterocycles. The molecule has 8 nitrogen and oxygen atoms in total. The van der Waals surface area contributed by atoms with Crippen molar-refractivity contribution in [2.75, 3.05) is 19.1 Å². The molecule has 0 spiro atoms. The number of carbonyl (C=O) groups is 2.